The highest BCUT2D eigenvalue weighted by atomic mass is 16.5. The highest BCUT2D eigenvalue weighted by Gasteiger charge is 2.09. The molecule has 26 heavy (non-hydrogen) atoms. The highest BCUT2D eigenvalue weighted by Crippen LogP contribution is 2.29. The van der Waals surface area contributed by atoms with Gasteiger partial charge in [0.05, 0.1) is 12.2 Å². The number of anilines is 2. The van der Waals surface area contributed by atoms with Crippen LogP contribution in [-0.4, -0.2) is 12.5 Å². The number of aryl methyl sites for hydroxylation is 2. The third-order valence-electron chi connectivity index (χ3n) is 3.96. The molecule has 4 nitrogen and oxygen atoms in total. The first-order valence-electron chi connectivity index (χ1n) is 8.55. The van der Waals surface area contributed by atoms with Crippen molar-refractivity contribution >= 4 is 17.3 Å². The number of ether oxygens (including phenoxy) is 1. The lowest BCUT2D eigenvalue weighted by Gasteiger charge is -2.13. The van der Waals surface area contributed by atoms with Crippen molar-refractivity contribution in [3.05, 3.63) is 83.9 Å². The van der Waals surface area contributed by atoms with E-state index < -0.39 is 0 Å². The van der Waals surface area contributed by atoms with Crippen LogP contribution in [0.25, 0.3) is 0 Å². The fraction of sp³-hybridized carbons (Fsp3) is 0.136. The van der Waals surface area contributed by atoms with Gasteiger partial charge in [0.25, 0.3) is 0 Å². The van der Waals surface area contributed by atoms with Gasteiger partial charge in [0.2, 0.25) is 5.91 Å². The van der Waals surface area contributed by atoms with Crippen molar-refractivity contribution < 1.29 is 9.53 Å². The Morgan fingerprint density at radius 3 is 2.42 bits per heavy atom. The Labute approximate surface area is 153 Å². The Bertz CT molecular complexity index is 892. The maximum atomic E-state index is 12.4. The molecule has 132 valence electrons. The molecule has 0 aliphatic rings. The van der Waals surface area contributed by atoms with Gasteiger partial charge in [0.1, 0.15) is 5.75 Å². The van der Waals surface area contributed by atoms with Gasteiger partial charge in [-0.25, -0.2) is 0 Å². The Morgan fingerprint density at radius 1 is 0.885 bits per heavy atom. The first-order chi connectivity index (χ1) is 12.6. The van der Waals surface area contributed by atoms with Crippen molar-refractivity contribution in [3.63, 3.8) is 0 Å². The summed E-state index contributed by atoms with van der Waals surface area (Å²) in [5, 5.41) is 6.10. The van der Waals surface area contributed by atoms with Crippen LogP contribution in [0.1, 0.15) is 11.1 Å². The zero-order valence-electron chi connectivity index (χ0n) is 15.0. The minimum absolute atomic E-state index is 0.130. The fourth-order valence-electron chi connectivity index (χ4n) is 2.57. The van der Waals surface area contributed by atoms with Crippen molar-refractivity contribution in [1.82, 2.24) is 0 Å². The minimum atomic E-state index is -0.130. The van der Waals surface area contributed by atoms with E-state index in [9.17, 15) is 4.79 Å². The molecule has 0 aromatic heterocycles. The van der Waals surface area contributed by atoms with E-state index in [1.54, 1.807) is 0 Å². The second-order valence-electron chi connectivity index (χ2n) is 6.13. The van der Waals surface area contributed by atoms with Crippen LogP contribution in [0.5, 0.6) is 11.5 Å². The van der Waals surface area contributed by atoms with E-state index >= 15 is 0 Å². The largest absolute Gasteiger partial charge is 0.455 e. The molecule has 0 radical (unpaired) electrons. The number of hydrogen-bond donors (Lipinski definition) is 2. The molecule has 0 unspecified atom stereocenters. The molecule has 3 aromatic rings. The van der Waals surface area contributed by atoms with Gasteiger partial charge < -0.3 is 15.4 Å². The molecule has 0 bridgehead atoms. The normalized spacial score (nSPS) is 10.2. The Balaban J connectivity index is 1.65. The highest BCUT2D eigenvalue weighted by molar-refractivity contribution is 5.95. The maximum Gasteiger partial charge on any atom is 0.243 e. The van der Waals surface area contributed by atoms with Gasteiger partial charge in [-0.05, 0) is 55.3 Å². The molecule has 2 N–H and O–H groups in total. The van der Waals surface area contributed by atoms with Gasteiger partial charge in [0.15, 0.2) is 5.75 Å². The smallest absolute Gasteiger partial charge is 0.243 e. The number of carbonyl (C=O) groups is 1. The molecule has 0 aliphatic heterocycles. The Hall–Kier alpha value is -3.27. The molecular weight excluding hydrogens is 324 g/mol. The van der Waals surface area contributed by atoms with Gasteiger partial charge in [-0.15, -0.1) is 0 Å². The standard InChI is InChI=1S/C22H22N2O2/c1-16-12-13-17(2)20(14-16)23-15-22(25)24-19-10-6-7-11-21(19)26-18-8-4-3-5-9-18/h3-14,23H,15H2,1-2H3,(H,24,25). The quantitative estimate of drug-likeness (QED) is 0.649. The SMILES string of the molecule is Cc1ccc(C)c(NCC(=O)Nc2ccccc2Oc2ccccc2)c1. The molecule has 0 fully saturated rings. The van der Waals surface area contributed by atoms with Gasteiger partial charge in [0, 0.05) is 5.69 Å². The average Bonchev–Trinajstić information content (AvgIpc) is 2.65. The first kappa shape index (κ1) is 17.5. The molecule has 4 heteroatoms. The minimum Gasteiger partial charge on any atom is -0.455 e. The Morgan fingerprint density at radius 2 is 1.62 bits per heavy atom. The van der Waals surface area contributed by atoms with Gasteiger partial charge in [-0.3, -0.25) is 4.79 Å². The number of nitrogens with one attached hydrogen (secondary N) is 2. The number of para-hydroxylation sites is 3. The van der Waals surface area contributed by atoms with E-state index in [4.69, 9.17) is 4.74 Å². The first-order valence-corrected chi connectivity index (χ1v) is 8.55. The van der Waals surface area contributed by atoms with E-state index in [1.165, 1.54) is 0 Å². The van der Waals surface area contributed by atoms with Crippen LogP contribution in [0.2, 0.25) is 0 Å². The lowest BCUT2D eigenvalue weighted by Crippen LogP contribution is -2.22. The van der Waals surface area contributed by atoms with Crippen molar-refractivity contribution in [2.45, 2.75) is 13.8 Å². The molecule has 0 heterocycles. The molecule has 3 rings (SSSR count). The number of rotatable bonds is 6. The molecule has 0 saturated carbocycles. The zero-order valence-corrected chi connectivity index (χ0v) is 15.0. The summed E-state index contributed by atoms with van der Waals surface area (Å²) in [6.07, 6.45) is 0. The molecule has 0 saturated heterocycles. The average molecular weight is 346 g/mol. The van der Waals surface area contributed by atoms with E-state index in [1.807, 2.05) is 80.6 Å². The maximum absolute atomic E-state index is 12.4. The number of benzene rings is 3. The second kappa shape index (κ2) is 8.21. The monoisotopic (exact) mass is 346 g/mol. The van der Waals surface area contributed by atoms with E-state index in [0.29, 0.717) is 11.4 Å². The lowest BCUT2D eigenvalue weighted by atomic mass is 10.1. The summed E-state index contributed by atoms with van der Waals surface area (Å²) in [5.41, 5.74) is 3.87. The third-order valence-corrected chi connectivity index (χ3v) is 3.96. The van der Waals surface area contributed by atoms with Crippen LogP contribution >= 0.6 is 0 Å². The van der Waals surface area contributed by atoms with E-state index in [0.717, 1.165) is 22.6 Å². The van der Waals surface area contributed by atoms with Crippen LogP contribution in [0.3, 0.4) is 0 Å². The summed E-state index contributed by atoms with van der Waals surface area (Å²) < 4.78 is 5.87. The molecule has 0 atom stereocenters. The molecule has 0 aliphatic carbocycles. The summed E-state index contributed by atoms with van der Waals surface area (Å²) in [6, 6.07) is 23.0. The van der Waals surface area contributed by atoms with Crippen LogP contribution < -0.4 is 15.4 Å². The predicted molar refractivity (Wildman–Crippen MR) is 106 cm³/mol. The zero-order chi connectivity index (χ0) is 18.4. The molecular formula is C22H22N2O2. The second-order valence-corrected chi connectivity index (χ2v) is 6.13. The van der Waals surface area contributed by atoms with E-state index in [-0.39, 0.29) is 12.5 Å². The molecule has 0 spiro atoms. The molecule has 3 aromatic carbocycles. The van der Waals surface area contributed by atoms with Crippen LogP contribution in [0.15, 0.2) is 72.8 Å². The summed E-state index contributed by atoms with van der Waals surface area (Å²) in [7, 11) is 0. The third kappa shape index (κ3) is 4.63. The predicted octanol–water partition coefficient (Wildman–Crippen LogP) is 5.15. The van der Waals surface area contributed by atoms with Crippen molar-refractivity contribution in [1.29, 1.82) is 0 Å². The van der Waals surface area contributed by atoms with Gasteiger partial charge in [-0.1, -0.05) is 42.5 Å². The number of hydrogen-bond acceptors (Lipinski definition) is 3. The van der Waals surface area contributed by atoms with Gasteiger partial charge in [-0.2, -0.15) is 0 Å². The summed E-state index contributed by atoms with van der Waals surface area (Å²) in [5.74, 6) is 1.21. The van der Waals surface area contributed by atoms with Crippen molar-refractivity contribution in [2.75, 3.05) is 17.2 Å². The van der Waals surface area contributed by atoms with Crippen LogP contribution in [0, 0.1) is 13.8 Å². The van der Waals surface area contributed by atoms with Crippen LogP contribution in [-0.2, 0) is 4.79 Å². The lowest BCUT2D eigenvalue weighted by molar-refractivity contribution is -0.114. The van der Waals surface area contributed by atoms with Crippen molar-refractivity contribution in [3.8, 4) is 11.5 Å². The summed E-state index contributed by atoms with van der Waals surface area (Å²) in [4.78, 5) is 12.4. The number of amides is 1. The Kier molecular flexibility index (Phi) is 5.54. The van der Waals surface area contributed by atoms with Crippen LogP contribution in [0.4, 0.5) is 11.4 Å². The topological polar surface area (TPSA) is 50.4 Å². The fourth-order valence-corrected chi connectivity index (χ4v) is 2.57. The molecule has 1 amide bonds. The van der Waals surface area contributed by atoms with Crippen molar-refractivity contribution in [2.24, 2.45) is 0 Å². The van der Waals surface area contributed by atoms with E-state index in [2.05, 4.69) is 16.7 Å². The van der Waals surface area contributed by atoms with Gasteiger partial charge >= 0.3 is 0 Å². The summed E-state index contributed by atoms with van der Waals surface area (Å²) in [6.45, 7) is 4.23. The number of carbonyl (C=O) groups excluding carboxylic acids is 1. The summed E-state index contributed by atoms with van der Waals surface area (Å²) >= 11 is 0.